The maximum Gasteiger partial charge on any atom is 0.151 e. The van der Waals surface area contributed by atoms with E-state index in [4.69, 9.17) is 17.3 Å². The summed E-state index contributed by atoms with van der Waals surface area (Å²) < 4.78 is 0. The fourth-order valence-electron chi connectivity index (χ4n) is 0.930. The van der Waals surface area contributed by atoms with Crippen molar-refractivity contribution in [2.45, 2.75) is 19.4 Å². The molecule has 1 unspecified atom stereocenters. The number of rotatable bonds is 4. The van der Waals surface area contributed by atoms with Gasteiger partial charge in [-0.3, -0.25) is 0 Å². The maximum atomic E-state index is 5.59. The predicted molar refractivity (Wildman–Crippen MR) is 53.8 cm³/mol. The number of halogens is 1. The lowest BCUT2D eigenvalue weighted by Crippen LogP contribution is -2.28. The number of nitrogens with two attached hydrogens (primary N) is 1. The summed E-state index contributed by atoms with van der Waals surface area (Å²) in [6, 6.07) is 3.73. The van der Waals surface area contributed by atoms with Gasteiger partial charge in [-0.05, 0) is 18.6 Å². The SMILES string of the molecule is CCC(CN)Nc1ccc(Cl)nn1. The Bertz CT molecular complexity index is 245. The smallest absolute Gasteiger partial charge is 0.151 e. The highest BCUT2D eigenvalue weighted by atomic mass is 35.5. The lowest BCUT2D eigenvalue weighted by atomic mass is 10.2. The summed E-state index contributed by atoms with van der Waals surface area (Å²) in [6.07, 6.45) is 0.959. The fraction of sp³-hybridized carbons (Fsp3) is 0.500. The molecule has 3 N–H and O–H groups in total. The van der Waals surface area contributed by atoms with Gasteiger partial charge in [-0.1, -0.05) is 18.5 Å². The molecule has 0 aliphatic rings. The Labute approximate surface area is 82.5 Å². The Morgan fingerprint density at radius 2 is 2.31 bits per heavy atom. The third-order valence-corrected chi connectivity index (χ3v) is 1.96. The van der Waals surface area contributed by atoms with Gasteiger partial charge in [0.2, 0.25) is 0 Å². The van der Waals surface area contributed by atoms with E-state index in [1.165, 1.54) is 0 Å². The van der Waals surface area contributed by atoms with Crippen molar-refractivity contribution >= 4 is 17.4 Å². The van der Waals surface area contributed by atoms with E-state index >= 15 is 0 Å². The van der Waals surface area contributed by atoms with Crippen LogP contribution in [0.1, 0.15) is 13.3 Å². The first-order valence-corrected chi connectivity index (χ1v) is 4.60. The van der Waals surface area contributed by atoms with Gasteiger partial charge in [0.25, 0.3) is 0 Å². The van der Waals surface area contributed by atoms with E-state index in [0.29, 0.717) is 17.5 Å². The molecule has 1 aromatic rings. The summed E-state index contributed by atoms with van der Waals surface area (Å²) in [5.41, 5.74) is 5.52. The molecular weight excluding hydrogens is 188 g/mol. The second-order valence-corrected chi connectivity index (χ2v) is 3.11. The highest BCUT2D eigenvalue weighted by molar-refractivity contribution is 6.29. The van der Waals surface area contributed by atoms with Crippen molar-refractivity contribution in [2.24, 2.45) is 5.73 Å². The molecule has 0 aliphatic heterocycles. The number of hydrogen-bond donors (Lipinski definition) is 2. The van der Waals surface area contributed by atoms with Crippen LogP contribution in [0.2, 0.25) is 5.15 Å². The van der Waals surface area contributed by atoms with Crippen LogP contribution in [0.4, 0.5) is 5.82 Å². The summed E-state index contributed by atoms with van der Waals surface area (Å²) >= 11 is 5.59. The van der Waals surface area contributed by atoms with Gasteiger partial charge in [0.1, 0.15) is 5.82 Å². The third kappa shape index (κ3) is 3.16. The van der Waals surface area contributed by atoms with Crippen LogP contribution in [0.3, 0.4) is 0 Å². The fourth-order valence-corrected chi connectivity index (χ4v) is 1.03. The van der Waals surface area contributed by atoms with E-state index in [2.05, 4.69) is 22.4 Å². The van der Waals surface area contributed by atoms with E-state index in [1.54, 1.807) is 12.1 Å². The average molecular weight is 201 g/mol. The van der Waals surface area contributed by atoms with Crippen molar-refractivity contribution in [1.82, 2.24) is 10.2 Å². The molecule has 72 valence electrons. The molecule has 0 bridgehead atoms. The average Bonchev–Trinajstić information content (AvgIpc) is 2.17. The van der Waals surface area contributed by atoms with Gasteiger partial charge >= 0.3 is 0 Å². The van der Waals surface area contributed by atoms with E-state index in [0.717, 1.165) is 6.42 Å². The van der Waals surface area contributed by atoms with Crippen LogP contribution in [-0.2, 0) is 0 Å². The largest absolute Gasteiger partial charge is 0.365 e. The van der Waals surface area contributed by atoms with Gasteiger partial charge in [0.15, 0.2) is 5.15 Å². The van der Waals surface area contributed by atoms with E-state index in [1.807, 2.05) is 0 Å². The second kappa shape index (κ2) is 4.99. The minimum Gasteiger partial charge on any atom is -0.365 e. The summed E-state index contributed by atoms with van der Waals surface area (Å²) in [5.74, 6) is 0.710. The first-order chi connectivity index (χ1) is 6.26. The number of anilines is 1. The van der Waals surface area contributed by atoms with Crippen LogP contribution in [-0.4, -0.2) is 22.8 Å². The molecule has 4 nitrogen and oxygen atoms in total. The second-order valence-electron chi connectivity index (χ2n) is 2.73. The van der Waals surface area contributed by atoms with Gasteiger partial charge in [0, 0.05) is 12.6 Å². The topological polar surface area (TPSA) is 63.8 Å². The monoisotopic (exact) mass is 200 g/mol. The Morgan fingerprint density at radius 3 is 2.77 bits per heavy atom. The van der Waals surface area contributed by atoms with Gasteiger partial charge in [-0.2, -0.15) is 0 Å². The molecule has 1 atom stereocenters. The third-order valence-electron chi connectivity index (χ3n) is 1.76. The van der Waals surface area contributed by atoms with Crippen LogP contribution in [0.15, 0.2) is 12.1 Å². The normalized spacial score (nSPS) is 12.5. The molecule has 5 heteroatoms. The van der Waals surface area contributed by atoms with Crippen LogP contribution in [0, 0.1) is 0 Å². The zero-order valence-electron chi connectivity index (χ0n) is 7.50. The molecule has 1 heterocycles. The highest BCUT2D eigenvalue weighted by Gasteiger charge is 2.03. The van der Waals surface area contributed by atoms with Crippen molar-refractivity contribution < 1.29 is 0 Å². The van der Waals surface area contributed by atoms with Crippen molar-refractivity contribution in [1.29, 1.82) is 0 Å². The Morgan fingerprint density at radius 1 is 1.54 bits per heavy atom. The highest BCUT2D eigenvalue weighted by Crippen LogP contribution is 2.07. The predicted octanol–water partition coefficient (Wildman–Crippen LogP) is 1.28. The molecule has 0 aliphatic carbocycles. The summed E-state index contributed by atoms with van der Waals surface area (Å²) in [5, 5.41) is 11.1. The minimum atomic E-state index is 0.246. The summed E-state index contributed by atoms with van der Waals surface area (Å²) in [7, 11) is 0. The lowest BCUT2D eigenvalue weighted by molar-refractivity contribution is 0.697. The first-order valence-electron chi connectivity index (χ1n) is 4.22. The molecule has 0 radical (unpaired) electrons. The van der Waals surface area contributed by atoms with E-state index in [-0.39, 0.29) is 6.04 Å². The number of nitrogens with zero attached hydrogens (tertiary/aromatic N) is 2. The molecule has 0 spiro atoms. The van der Waals surface area contributed by atoms with Crippen molar-refractivity contribution in [3.05, 3.63) is 17.3 Å². The van der Waals surface area contributed by atoms with Gasteiger partial charge in [-0.25, -0.2) is 0 Å². The standard InChI is InChI=1S/C8H13ClN4/c1-2-6(5-10)11-8-4-3-7(9)12-13-8/h3-4,6H,2,5,10H2,1H3,(H,11,13). The van der Waals surface area contributed by atoms with Crippen molar-refractivity contribution in [2.75, 3.05) is 11.9 Å². The Hall–Kier alpha value is -0.870. The van der Waals surface area contributed by atoms with E-state index < -0.39 is 0 Å². The Kier molecular flexibility index (Phi) is 3.92. The molecule has 0 saturated carbocycles. The van der Waals surface area contributed by atoms with Crippen LogP contribution >= 0.6 is 11.6 Å². The molecule has 0 saturated heterocycles. The maximum absolute atomic E-state index is 5.59. The van der Waals surface area contributed by atoms with E-state index in [9.17, 15) is 0 Å². The summed E-state index contributed by atoms with van der Waals surface area (Å²) in [4.78, 5) is 0. The Balaban J connectivity index is 2.58. The zero-order chi connectivity index (χ0) is 9.68. The lowest BCUT2D eigenvalue weighted by Gasteiger charge is -2.14. The van der Waals surface area contributed by atoms with Crippen LogP contribution < -0.4 is 11.1 Å². The molecule has 1 rings (SSSR count). The summed E-state index contributed by atoms with van der Waals surface area (Å²) in [6.45, 7) is 2.65. The van der Waals surface area contributed by atoms with Gasteiger partial charge < -0.3 is 11.1 Å². The zero-order valence-corrected chi connectivity index (χ0v) is 8.25. The molecule has 1 aromatic heterocycles. The molecule has 13 heavy (non-hydrogen) atoms. The molecule has 0 aromatic carbocycles. The van der Waals surface area contributed by atoms with Crippen LogP contribution in [0.25, 0.3) is 0 Å². The molecule has 0 fully saturated rings. The number of aromatic nitrogens is 2. The van der Waals surface area contributed by atoms with Gasteiger partial charge in [0.05, 0.1) is 0 Å². The quantitative estimate of drug-likeness (QED) is 0.769. The van der Waals surface area contributed by atoms with Crippen molar-refractivity contribution in [3.63, 3.8) is 0 Å². The molecule has 0 amide bonds. The van der Waals surface area contributed by atoms with Crippen molar-refractivity contribution in [3.8, 4) is 0 Å². The number of nitrogens with one attached hydrogen (secondary N) is 1. The molecular formula is C8H13ClN4. The van der Waals surface area contributed by atoms with Gasteiger partial charge in [-0.15, -0.1) is 10.2 Å². The first kappa shape index (κ1) is 10.2. The van der Waals surface area contributed by atoms with Crippen LogP contribution in [0.5, 0.6) is 0 Å². The minimum absolute atomic E-state index is 0.246. The number of hydrogen-bond acceptors (Lipinski definition) is 4.